The predicted molar refractivity (Wildman–Crippen MR) is 72.1 cm³/mol. The van der Waals surface area contributed by atoms with E-state index in [2.05, 4.69) is 19.2 Å². The van der Waals surface area contributed by atoms with Crippen molar-refractivity contribution in [1.82, 2.24) is 5.32 Å². The predicted octanol–water partition coefficient (Wildman–Crippen LogP) is 3.07. The van der Waals surface area contributed by atoms with Gasteiger partial charge in [0.25, 0.3) is 0 Å². The summed E-state index contributed by atoms with van der Waals surface area (Å²) in [5, 5.41) is 3.70. The second-order valence-corrected chi connectivity index (χ2v) is 6.48. The van der Waals surface area contributed by atoms with E-state index in [4.69, 9.17) is 4.74 Å². The summed E-state index contributed by atoms with van der Waals surface area (Å²) in [7, 11) is 1.85. The Morgan fingerprint density at radius 1 is 1.12 bits per heavy atom. The first kappa shape index (κ1) is 13.4. The lowest BCUT2D eigenvalue weighted by atomic mass is 9.71. The third kappa shape index (κ3) is 3.96. The van der Waals surface area contributed by atoms with Crippen LogP contribution in [-0.2, 0) is 4.74 Å². The Balaban J connectivity index is 1.81. The zero-order chi connectivity index (χ0) is 12.3. The van der Waals surface area contributed by atoms with E-state index in [0.29, 0.717) is 0 Å². The Kier molecular flexibility index (Phi) is 4.87. The molecule has 2 aliphatic carbocycles. The number of nitrogens with one attached hydrogen (secondary N) is 1. The number of methoxy groups -OCH3 is 1. The van der Waals surface area contributed by atoms with Crippen molar-refractivity contribution in [3.05, 3.63) is 0 Å². The molecule has 0 aromatic carbocycles. The van der Waals surface area contributed by atoms with Gasteiger partial charge in [0, 0.05) is 19.8 Å². The highest BCUT2D eigenvalue weighted by molar-refractivity contribution is 4.86. The molecule has 17 heavy (non-hydrogen) atoms. The fourth-order valence-electron chi connectivity index (χ4n) is 3.26. The fraction of sp³-hybridized carbons (Fsp3) is 1.00. The van der Waals surface area contributed by atoms with Crippen LogP contribution < -0.4 is 5.32 Å². The Morgan fingerprint density at radius 2 is 1.88 bits per heavy atom. The maximum absolute atomic E-state index is 5.43. The van der Waals surface area contributed by atoms with E-state index in [1.54, 1.807) is 0 Å². The van der Waals surface area contributed by atoms with E-state index in [-0.39, 0.29) is 0 Å². The lowest BCUT2D eigenvalue weighted by Crippen LogP contribution is -2.37. The second-order valence-electron chi connectivity index (χ2n) is 6.48. The smallest absolute Gasteiger partial charge is 0.0493 e. The Bertz CT molecular complexity index is 225. The van der Waals surface area contributed by atoms with Gasteiger partial charge >= 0.3 is 0 Å². The van der Waals surface area contributed by atoms with Crippen LogP contribution in [0, 0.1) is 23.7 Å². The molecule has 0 aromatic heterocycles. The molecule has 0 aromatic rings. The molecule has 2 saturated carbocycles. The zero-order valence-electron chi connectivity index (χ0n) is 11.7. The summed E-state index contributed by atoms with van der Waals surface area (Å²) in [5.74, 6) is 3.40. The maximum atomic E-state index is 5.43. The third-order valence-corrected chi connectivity index (χ3v) is 4.75. The molecule has 2 nitrogen and oxygen atoms in total. The van der Waals surface area contributed by atoms with Crippen molar-refractivity contribution < 1.29 is 4.74 Å². The molecule has 0 amide bonds. The highest BCUT2D eigenvalue weighted by atomic mass is 16.5. The largest absolute Gasteiger partial charge is 0.384 e. The minimum Gasteiger partial charge on any atom is -0.384 e. The first-order valence-corrected chi connectivity index (χ1v) is 7.43. The van der Waals surface area contributed by atoms with Crippen LogP contribution in [0.5, 0.6) is 0 Å². The highest BCUT2D eigenvalue weighted by Crippen LogP contribution is 2.37. The molecule has 2 heteroatoms. The van der Waals surface area contributed by atoms with Crippen molar-refractivity contribution in [3.8, 4) is 0 Å². The summed E-state index contributed by atoms with van der Waals surface area (Å²) in [4.78, 5) is 0. The molecule has 0 bridgehead atoms. The molecule has 2 rings (SSSR count). The minimum absolute atomic E-state index is 0.785. The summed E-state index contributed by atoms with van der Waals surface area (Å²) in [6, 6.07) is 0.848. The summed E-state index contributed by atoms with van der Waals surface area (Å²) in [6.45, 7) is 6.93. The quantitative estimate of drug-likeness (QED) is 0.769. The molecular formula is C15H29NO. The average Bonchev–Trinajstić information content (AvgIpc) is 3.11. The second kappa shape index (κ2) is 6.19. The van der Waals surface area contributed by atoms with E-state index >= 15 is 0 Å². The van der Waals surface area contributed by atoms with Crippen molar-refractivity contribution in [2.24, 2.45) is 23.7 Å². The average molecular weight is 239 g/mol. The first-order valence-electron chi connectivity index (χ1n) is 7.43. The van der Waals surface area contributed by atoms with Crippen molar-refractivity contribution in [3.63, 3.8) is 0 Å². The van der Waals surface area contributed by atoms with Gasteiger partial charge in [-0.3, -0.25) is 0 Å². The number of ether oxygens (including phenoxy) is 1. The summed E-state index contributed by atoms with van der Waals surface area (Å²) in [6.07, 6.45) is 7.00. The van der Waals surface area contributed by atoms with Crippen molar-refractivity contribution in [2.75, 3.05) is 20.3 Å². The molecule has 3 atom stereocenters. The van der Waals surface area contributed by atoms with Crippen molar-refractivity contribution in [1.29, 1.82) is 0 Å². The van der Waals surface area contributed by atoms with E-state index < -0.39 is 0 Å². The molecule has 2 fully saturated rings. The highest BCUT2D eigenvalue weighted by Gasteiger charge is 2.32. The number of rotatable bonds is 6. The SMILES string of the molecule is COCC1CC(C(C)C)CCC1CNC1CC1. The zero-order valence-corrected chi connectivity index (χ0v) is 11.7. The lowest BCUT2D eigenvalue weighted by molar-refractivity contribution is 0.0623. The molecule has 2 aliphatic rings. The molecule has 0 radical (unpaired) electrons. The van der Waals surface area contributed by atoms with E-state index in [1.807, 2.05) is 7.11 Å². The van der Waals surface area contributed by atoms with Gasteiger partial charge in [-0.25, -0.2) is 0 Å². The summed E-state index contributed by atoms with van der Waals surface area (Å²) >= 11 is 0. The molecule has 0 spiro atoms. The van der Waals surface area contributed by atoms with Gasteiger partial charge in [0.05, 0.1) is 0 Å². The lowest BCUT2D eigenvalue weighted by Gasteiger charge is -2.37. The van der Waals surface area contributed by atoms with Crippen LogP contribution in [0.4, 0.5) is 0 Å². The van der Waals surface area contributed by atoms with E-state index in [0.717, 1.165) is 36.3 Å². The van der Waals surface area contributed by atoms with Crippen molar-refractivity contribution in [2.45, 2.75) is 52.0 Å². The van der Waals surface area contributed by atoms with Crippen LogP contribution in [0.25, 0.3) is 0 Å². The van der Waals surface area contributed by atoms with E-state index in [1.165, 1.54) is 38.6 Å². The normalized spacial score (nSPS) is 34.2. The maximum Gasteiger partial charge on any atom is 0.0493 e. The minimum atomic E-state index is 0.785. The standard InChI is InChI=1S/C15H29NO/c1-11(2)12-4-5-13(9-16-15-6-7-15)14(8-12)10-17-3/h11-16H,4-10H2,1-3H3. The summed E-state index contributed by atoms with van der Waals surface area (Å²) < 4.78 is 5.43. The number of hydrogen-bond donors (Lipinski definition) is 1. The van der Waals surface area contributed by atoms with Crippen LogP contribution in [0.3, 0.4) is 0 Å². The van der Waals surface area contributed by atoms with Gasteiger partial charge < -0.3 is 10.1 Å². The monoisotopic (exact) mass is 239 g/mol. The first-order chi connectivity index (χ1) is 8.20. The molecule has 1 N–H and O–H groups in total. The van der Waals surface area contributed by atoms with Crippen LogP contribution >= 0.6 is 0 Å². The van der Waals surface area contributed by atoms with Gasteiger partial charge in [-0.1, -0.05) is 13.8 Å². The Hall–Kier alpha value is -0.0800. The van der Waals surface area contributed by atoms with Gasteiger partial charge in [0.2, 0.25) is 0 Å². The number of hydrogen-bond acceptors (Lipinski definition) is 2. The topological polar surface area (TPSA) is 21.3 Å². The molecule has 0 aliphatic heterocycles. The molecule has 100 valence electrons. The van der Waals surface area contributed by atoms with Crippen LogP contribution in [0.1, 0.15) is 46.0 Å². The van der Waals surface area contributed by atoms with E-state index in [9.17, 15) is 0 Å². The molecule has 0 saturated heterocycles. The Labute approximate surface area is 107 Å². The van der Waals surface area contributed by atoms with Crippen molar-refractivity contribution >= 4 is 0 Å². The third-order valence-electron chi connectivity index (χ3n) is 4.75. The van der Waals surface area contributed by atoms with Gasteiger partial charge in [-0.2, -0.15) is 0 Å². The molecular weight excluding hydrogens is 210 g/mol. The van der Waals surface area contributed by atoms with Gasteiger partial charge in [0.15, 0.2) is 0 Å². The summed E-state index contributed by atoms with van der Waals surface area (Å²) in [5.41, 5.74) is 0. The van der Waals surface area contributed by atoms with Crippen LogP contribution in [0.15, 0.2) is 0 Å². The van der Waals surface area contributed by atoms with Crippen LogP contribution in [-0.4, -0.2) is 26.3 Å². The van der Waals surface area contributed by atoms with Gasteiger partial charge in [0.1, 0.15) is 0 Å². The molecule has 3 unspecified atom stereocenters. The van der Waals surface area contributed by atoms with Crippen LogP contribution in [0.2, 0.25) is 0 Å². The molecule has 0 heterocycles. The Morgan fingerprint density at radius 3 is 2.47 bits per heavy atom. The van der Waals surface area contributed by atoms with Gasteiger partial charge in [-0.15, -0.1) is 0 Å². The fourth-order valence-corrected chi connectivity index (χ4v) is 3.26. The van der Waals surface area contributed by atoms with Gasteiger partial charge in [-0.05, 0) is 62.3 Å².